The van der Waals surface area contributed by atoms with Gasteiger partial charge in [-0.15, -0.1) is 0 Å². The van der Waals surface area contributed by atoms with E-state index in [-0.39, 0.29) is 11.7 Å². The first-order valence-corrected chi connectivity index (χ1v) is 12.9. The lowest BCUT2D eigenvalue weighted by Gasteiger charge is -2.26. The Balaban J connectivity index is 1.27. The number of carbonyl (C=O) groups is 2. The highest BCUT2D eigenvalue weighted by molar-refractivity contribution is 6.35. The van der Waals surface area contributed by atoms with Crippen LogP contribution in [0.5, 0.6) is 11.5 Å². The quantitative estimate of drug-likeness (QED) is 0.294. The monoisotopic (exact) mass is 496 g/mol. The van der Waals surface area contributed by atoms with E-state index in [9.17, 15) is 9.59 Å². The molecule has 6 nitrogen and oxygen atoms in total. The maximum absolute atomic E-state index is 13.4. The van der Waals surface area contributed by atoms with Gasteiger partial charge in [0.15, 0.2) is 5.78 Å². The summed E-state index contributed by atoms with van der Waals surface area (Å²) in [6.07, 6.45) is 5.30. The first-order valence-electron chi connectivity index (χ1n) is 12.9. The SMILES string of the molecule is COc1ccc(CN2C(=O)/C(=C\C(=O)c3ccc(OCCN4CCCCC4)cc3)c3ccccc32)cc1. The van der Waals surface area contributed by atoms with Crippen molar-refractivity contribution in [2.75, 3.05) is 38.3 Å². The summed E-state index contributed by atoms with van der Waals surface area (Å²) in [7, 11) is 1.63. The number of rotatable bonds is 9. The third kappa shape index (κ3) is 5.75. The second-order valence-electron chi connectivity index (χ2n) is 9.45. The van der Waals surface area contributed by atoms with Crippen molar-refractivity contribution in [3.8, 4) is 11.5 Å². The number of amides is 1. The number of allylic oxidation sites excluding steroid dienone is 1. The van der Waals surface area contributed by atoms with Crippen LogP contribution in [0.25, 0.3) is 5.57 Å². The lowest BCUT2D eigenvalue weighted by Crippen LogP contribution is -2.33. The number of para-hydroxylation sites is 1. The summed E-state index contributed by atoms with van der Waals surface area (Å²) in [6, 6.07) is 22.4. The first kappa shape index (κ1) is 24.8. The van der Waals surface area contributed by atoms with Crippen molar-refractivity contribution in [1.29, 1.82) is 0 Å². The molecule has 5 rings (SSSR count). The van der Waals surface area contributed by atoms with E-state index in [0.29, 0.717) is 24.3 Å². The summed E-state index contributed by atoms with van der Waals surface area (Å²) in [4.78, 5) is 30.7. The Morgan fingerprint density at radius 2 is 1.59 bits per heavy atom. The van der Waals surface area contributed by atoms with E-state index in [4.69, 9.17) is 9.47 Å². The molecular weight excluding hydrogens is 464 g/mol. The van der Waals surface area contributed by atoms with Gasteiger partial charge in [0.05, 0.1) is 24.9 Å². The highest BCUT2D eigenvalue weighted by Gasteiger charge is 2.32. The number of ether oxygens (including phenoxy) is 2. The Bertz CT molecular complexity index is 1280. The summed E-state index contributed by atoms with van der Waals surface area (Å²) < 4.78 is 11.1. The van der Waals surface area contributed by atoms with Crippen LogP contribution in [0.3, 0.4) is 0 Å². The van der Waals surface area contributed by atoms with E-state index >= 15 is 0 Å². The highest BCUT2D eigenvalue weighted by Crippen LogP contribution is 2.37. The van der Waals surface area contributed by atoms with Crippen molar-refractivity contribution in [2.45, 2.75) is 25.8 Å². The molecule has 0 atom stereocenters. The molecule has 0 N–H and O–H groups in total. The summed E-state index contributed by atoms with van der Waals surface area (Å²) in [5.74, 6) is 1.13. The molecular formula is C31H32N2O4. The maximum Gasteiger partial charge on any atom is 0.259 e. The first-order chi connectivity index (χ1) is 18.1. The molecule has 190 valence electrons. The number of fused-ring (bicyclic) bond motifs is 1. The Hall–Kier alpha value is -3.90. The van der Waals surface area contributed by atoms with E-state index in [1.807, 2.05) is 60.7 Å². The number of likely N-dealkylation sites (tertiary alicyclic amines) is 1. The van der Waals surface area contributed by atoms with Gasteiger partial charge in [-0.1, -0.05) is 36.8 Å². The van der Waals surface area contributed by atoms with Gasteiger partial charge < -0.3 is 14.4 Å². The Labute approximate surface area is 218 Å². The van der Waals surface area contributed by atoms with Crippen LogP contribution in [0.2, 0.25) is 0 Å². The third-order valence-corrected chi connectivity index (χ3v) is 7.00. The molecule has 2 aliphatic heterocycles. The highest BCUT2D eigenvalue weighted by atomic mass is 16.5. The van der Waals surface area contributed by atoms with Crippen molar-refractivity contribution in [3.63, 3.8) is 0 Å². The van der Waals surface area contributed by atoms with Crippen molar-refractivity contribution >= 4 is 23.0 Å². The van der Waals surface area contributed by atoms with Crippen LogP contribution in [0.4, 0.5) is 5.69 Å². The van der Waals surface area contributed by atoms with E-state index in [1.165, 1.54) is 25.3 Å². The Morgan fingerprint density at radius 1 is 0.892 bits per heavy atom. The van der Waals surface area contributed by atoms with E-state index in [2.05, 4.69) is 4.90 Å². The second kappa shape index (κ2) is 11.4. The fourth-order valence-electron chi connectivity index (χ4n) is 4.92. The van der Waals surface area contributed by atoms with Crippen LogP contribution in [-0.4, -0.2) is 49.9 Å². The predicted octanol–water partition coefficient (Wildman–Crippen LogP) is 5.37. The van der Waals surface area contributed by atoms with E-state index in [1.54, 1.807) is 24.1 Å². The zero-order chi connectivity index (χ0) is 25.6. The molecule has 6 heteroatoms. The predicted molar refractivity (Wildman–Crippen MR) is 145 cm³/mol. The molecule has 2 aliphatic rings. The minimum atomic E-state index is -0.204. The molecule has 0 aromatic heterocycles. The molecule has 0 unspecified atom stereocenters. The molecule has 0 spiro atoms. The summed E-state index contributed by atoms with van der Waals surface area (Å²) >= 11 is 0. The topological polar surface area (TPSA) is 59.1 Å². The Morgan fingerprint density at radius 3 is 2.32 bits per heavy atom. The average Bonchev–Trinajstić information content (AvgIpc) is 3.20. The standard InChI is InChI=1S/C31H32N2O4/c1-36-25-13-9-23(10-14-25)22-33-29-8-4-3-7-27(29)28(31(33)35)21-30(34)24-11-15-26(16-12-24)37-20-19-32-17-5-2-6-18-32/h3-4,7-16,21H,2,5-6,17-20,22H2,1H3/b28-21-. The number of piperidine rings is 1. The number of carbonyl (C=O) groups excluding carboxylic acids is 2. The third-order valence-electron chi connectivity index (χ3n) is 7.00. The van der Waals surface area contributed by atoms with Gasteiger partial charge in [-0.3, -0.25) is 14.5 Å². The number of benzene rings is 3. The number of hydrogen-bond donors (Lipinski definition) is 0. The summed E-state index contributed by atoms with van der Waals surface area (Å²) in [5.41, 5.74) is 3.49. The van der Waals surface area contributed by atoms with Crippen LogP contribution in [0.1, 0.15) is 40.7 Å². The van der Waals surface area contributed by atoms with Crippen LogP contribution in [-0.2, 0) is 11.3 Å². The number of hydrogen-bond acceptors (Lipinski definition) is 5. The largest absolute Gasteiger partial charge is 0.497 e. The molecule has 0 radical (unpaired) electrons. The zero-order valence-corrected chi connectivity index (χ0v) is 21.2. The van der Waals surface area contributed by atoms with Crippen LogP contribution in [0.15, 0.2) is 78.9 Å². The minimum Gasteiger partial charge on any atom is -0.497 e. The maximum atomic E-state index is 13.4. The lowest BCUT2D eigenvalue weighted by atomic mass is 10.0. The average molecular weight is 497 g/mol. The summed E-state index contributed by atoms with van der Waals surface area (Å²) in [6.45, 7) is 4.25. The van der Waals surface area contributed by atoms with Gasteiger partial charge >= 0.3 is 0 Å². The number of anilines is 1. The van der Waals surface area contributed by atoms with Gasteiger partial charge in [0.1, 0.15) is 18.1 Å². The van der Waals surface area contributed by atoms with Crippen molar-refractivity contribution < 1.29 is 19.1 Å². The fraction of sp³-hybridized carbons (Fsp3) is 0.290. The molecule has 3 aromatic carbocycles. The van der Waals surface area contributed by atoms with Crippen LogP contribution < -0.4 is 14.4 Å². The Kier molecular flexibility index (Phi) is 7.66. The van der Waals surface area contributed by atoms with Crippen molar-refractivity contribution in [1.82, 2.24) is 4.90 Å². The minimum absolute atomic E-state index is 0.178. The molecule has 1 saturated heterocycles. The smallest absolute Gasteiger partial charge is 0.259 e. The van der Waals surface area contributed by atoms with E-state index < -0.39 is 0 Å². The van der Waals surface area contributed by atoms with Crippen LogP contribution in [0, 0.1) is 0 Å². The normalized spacial score (nSPS) is 16.6. The number of ketones is 1. The van der Waals surface area contributed by atoms with Crippen molar-refractivity contribution in [3.05, 3.63) is 95.6 Å². The number of nitrogens with zero attached hydrogens (tertiary/aromatic N) is 2. The molecule has 1 amide bonds. The molecule has 3 aromatic rings. The molecule has 0 bridgehead atoms. The van der Waals surface area contributed by atoms with Gasteiger partial charge in [0.2, 0.25) is 0 Å². The summed E-state index contributed by atoms with van der Waals surface area (Å²) in [5, 5.41) is 0. The van der Waals surface area contributed by atoms with Crippen LogP contribution >= 0.6 is 0 Å². The van der Waals surface area contributed by atoms with E-state index in [0.717, 1.165) is 47.9 Å². The number of methoxy groups -OCH3 is 1. The molecule has 1 fully saturated rings. The van der Waals surface area contributed by atoms with Gasteiger partial charge in [-0.05, 0) is 80.0 Å². The molecule has 2 heterocycles. The van der Waals surface area contributed by atoms with Crippen molar-refractivity contribution in [2.24, 2.45) is 0 Å². The van der Waals surface area contributed by atoms with Gasteiger partial charge in [-0.25, -0.2) is 0 Å². The molecule has 37 heavy (non-hydrogen) atoms. The molecule has 0 saturated carbocycles. The van der Waals surface area contributed by atoms with Gasteiger partial charge in [0, 0.05) is 17.7 Å². The fourth-order valence-corrected chi connectivity index (χ4v) is 4.92. The second-order valence-corrected chi connectivity index (χ2v) is 9.45. The molecule has 0 aliphatic carbocycles. The lowest BCUT2D eigenvalue weighted by molar-refractivity contribution is -0.113. The van der Waals surface area contributed by atoms with Gasteiger partial charge in [-0.2, -0.15) is 0 Å². The van der Waals surface area contributed by atoms with Gasteiger partial charge in [0.25, 0.3) is 5.91 Å². The zero-order valence-electron chi connectivity index (χ0n) is 21.2.